The Balaban J connectivity index is 1.94. The van der Waals surface area contributed by atoms with E-state index in [9.17, 15) is 0 Å². The first-order valence-corrected chi connectivity index (χ1v) is 8.33. The van der Waals surface area contributed by atoms with Gasteiger partial charge in [0, 0.05) is 30.5 Å². The first-order valence-electron chi connectivity index (χ1n) is 8.33. The number of likely N-dealkylation sites (tertiary alicyclic amines) is 1. The molecule has 1 saturated heterocycles. The number of nitrogens with zero attached hydrogens (tertiary/aromatic N) is 4. The van der Waals surface area contributed by atoms with Crippen molar-refractivity contribution in [1.29, 1.82) is 0 Å². The van der Waals surface area contributed by atoms with Crippen molar-refractivity contribution in [3.8, 4) is 11.4 Å². The van der Waals surface area contributed by atoms with Gasteiger partial charge in [-0.3, -0.25) is 14.6 Å². The number of hydrogen-bond acceptors (Lipinski definition) is 3. The number of rotatable bonds is 4. The van der Waals surface area contributed by atoms with E-state index >= 15 is 0 Å². The average molecular weight is 298 g/mol. The molecule has 4 nitrogen and oxygen atoms in total. The minimum absolute atomic E-state index is 0.342. The van der Waals surface area contributed by atoms with Crippen LogP contribution in [0, 0.1) is 0 Å². The van der Waals surface area contributed by atoms with Crippen LogP contribution in [0.1, 0.15) is 58.2 Å². The molecule has 2 aromatic heterocycles. The first-order chi connectivity index (χ1) is 10.6. The Morgan fingerprint density at radius 3 is 2.64 bits per heavy atom. The maximum atomic E-state index is 4.59. The number of pyridine rings is 1. The van der Waals surface area contributed by atoms with Crippen molar-refractivity contribution in [2.75, 3.05) is 6.54 Å². The number of aromatic nitrogens is 3. The molecular formula is C18H26N4. The topological polar surface area (TPSA) is 34.0 Å². The van der Waals surface area contributed by atoms with Gasteiger partial charge in [0.15, 0.2) is 0 Å². The van der Waals surface area contributed by atoms with Gasteiger partial charge in [-0.2, -0.15) is 5.10 Å². The van der Waals surface area contributed by atoms with Crippen LogP contribution in [-0.2, 0) is 0 Å². The van der Waals surface area contributed by atoms with Crippen LogP contribution in [0.15, 0.2) is 30.6 Å². The van der Waals surface area contributed by atoms with Gasteiger partial charge in [-0.25, -0.2) is 0 Å². The molecule has 0 aromatic carbocycles. The predicted molar refractivity (Wildman–Crippen MR) is 89.7 cm³/mol. The summed E-state index contributed by atoms with van der Waals surface area (Å²) < 4.78 is 2.04. The third kappa shape index (κ3) is 2.80. The molecule has 0 unspecified atom stereocenters. The maximum absolute atomic E-state index is 4.59. The van der Waals surface area contributed by atoms with E-state index in [-0.39, 0.29) is 0 Å². The largest absolute Gasteiger partial charge is 0.294 e. The summed E-state index contributed by atoms with van der Waals surface area (Å²) in [5.74, 6) is 0. The standard InChI is InChI=1S/C18H26N4/c1-13(2)21-11-5-6-17(21)15-7-9-19-16(12-15)18-8-10-20-22(18)14(3)4/h7-10,12-14,17H,5-6,11H2,1-4H3/t17-/m1/s1. The Labute approximate surface area is 133 Å². The zero-order valence-corrected chi connectivity index (χ0v) is 14.0. The van der Waals surface area contributed by atoms with Gasteiger partial charge < -0.3 is 0 Å². The highest BCUT2D eigenvalue weighted by molar-refractivity contribution is 5.55. The lowest BCUT2D eigenvalue weighted by atomic mass is 10.0. The molecule has 1 aliphatic rings. The Morgan fingerprint density at radius 2 is 1.91 bits per heavy atom. The third-order valence-corrected chi connectivity index (χ3v) is 4.55. The summed E-state index contributed by atoms with van der Waals surface area (Å²) >= 11 is 0. The van der Waals surface area contributed by atoms with Gasteiger partial charge in [0.05, 0.1) is 11.4 Å². The summed E-state index contributed by atoms with van der Waals surface area (Å²) in [7, 11) is 0. The highest BCUT2D eigenvalue weighted by Crippen LogP contribution is 2.34. The van der Waals surface area contributed by atoms with Crippen LogP contribution in [0.2, 0.25) is 0 Å². The molecule has 1 atom stereocenters. The molecule has 4 heteroatoms. The van der Waals surface area contributed by atoms with E-state index in [1.165, 1.54) is 24.9 Å². The molecule has 0 bridgehead atoms. The molecule has 0 radical (unpaired) electrons. The van der Waals surface area contributed by atoms with Crippen molar-refractivity contribution in [2.24, 2.45) is 0 Å². The summed E-state index contributed by atoms with van der Waals surface area (Å²) in [5.41, 5.74) is 3.51. The Hall–Kier alpha value is -1.68. The molecule has 1 fully saturated rings. The summed E-state index contributed by atoms with van der Waals surface area (Å²) in [6, 6.07) is 7.93. The van der Waals surface area contributed by atoms with Crippen LogP contribution in [-0.4, -0.2) is 32.3 Å². The lowest BCUT2D eigenvalue weighted by molar-refractivity contribution is 0.205. The molecule has 2 aromatic rings. The highest BCUT2D eigenvalue weighted by Gasteiger charge is 2.28. The Bertz CT molecular complexity index is 630. The second kappa shape index (κ2) is 6.21. The van der Waals surface area contributed by atoms with Gasteiger partial charge in [0.1, 0.15) is 0 Å². The SMILES string of the molecule is CC(C)N1CCC[C@@H]1c1ccnc(-c2ccnn2C(C)C)c1. The van der Waals surface area contributed by atoms with Gasteiger partial charge in [-0.1, -0.05) is 0 Å². The van der Waals surface area contributed by atoms with E-state index in [2.05, 4.69) is 60.9 Å². The van der Waals surface area contributed by atoms with Crippen LogP contribution in [0.5, 0.6) is 0 Å². The van der Waals surface area contributed by atoms with Crippen molar-refractivity contribution in [3.05, 3.63) is 36.2 Å². The second-order valence-electron chi connectivity index (χ2n) is 6.72. The lowest BCUT2D eigenvalue weighted by Gasteiger charge is -2.28. The van der Waals surface area contributed by atoms with Crippen molar-refractivity contribution < 1.29 is 0 Å². The van der Waals surface area contributed by atoms with Crippen LogP contribution < -0.4 is 0 Å². The molecular weight excluding hydrogens is 272 g/mol. The molecule has 22 heavy (non-hydrogen) atoms. The van der Waals surface area contributed by atoms with E-state index in [1.807, 2.05) is 17.1 Å². The molecule has 3 rings (SSSR count). The predicted octanol–water partition coefficient (Wildman–Crippen LogP) is 4.07. The van der Waals surface area contributed by atoms with Crippen molar-refractivity contribution >= 4 is 0 Å². The smallest absolute Gasteiger partial charge is 0.0886 e. The quantitative estimate of drug-likeness (QED) is 0.853. The van der Waals surface area contributed by atoms with Crippen molar-refractivity contribution in [2.45, 2.75) is 58.7 Å². The fourth-order valence-electron chi connectivity index (χ4n) is 3.49. The van der Waals surface area contributed by atoms with E-state index in [0.717, 1.165) is 11.4 Å². The molecule has 0 spiro atoms. The van der Waals surface area contributed by atoms with Gasteiger partial charge in [-0.15, -0.1) is 0 Å². The van der Waals surface area contributed by atoms with E-state index in [4.69, 9.17) is 0 Å². The molecule has 118 valence electrons. The normalized spacial score (nSPS) is 19.5. The van der Waals surface area contributed by atoms with Crippen LogP contribution in [0.4, 0.5) is 0 Å². The molecule has 0 amide bonds. The molecule has 0 aliphatic carbocycles. The molecule has 0 N–H and O–H groups in total. The third-order valence-electron chi connectivity index (χ3n) is 4.55. The van der Waals surface area contributed by atoms with Gasteiger partial charge >= 0.3 is 0 Å². The summed E-state index contributed by atoms with van der Waals surface area (Å²) in [6.07, 6.45) is 6.33. The lowest BCUT2D eigenvalue weighted by Crippen LogP contribution is -2.30. The first kappa shape index (κ1) is 15.2. The van der Waals surface area contributed by atoms with Crippen LogP contribution >= 0.6 is 0 Å². The molecule has 3 heterocycles. The highest BCUT2D eigenvalue weighted by atomic mass is 15.3. The molecule has 1 aliphatic heterocycles. The van der Waals surface area contributed by atoms with Crippen molar-refractivity contribution in [3.63, 3.8) is 0 Å². The fourth-order valence-corrected chi connectivity index (χ4v) is 3.49. The fraction of sp³-hybridized carbons (Fsp3) is 0.556. The summed E-state index contributed by atoms with van der Waals surface area (Å²) in [5, 5.41) is 4.43. The maximum Gasteiger partial charge on any atom is 0.0886 e. The summed E-state index contributed by atoms with van der Waals surface area (Å²) in [4.78, 5) is 7.18. The average Bonchev–Trinajstić information content (AvgIpc) is 3.16. The monoisotopic (exact) mass is 298 g/mol. The summed E-state index contributed by atoms with van der Waals surface area (Å²) in [6.45, 7) is 10.1. The zero-order chi connectivity index (χ0) is 15.7. The van der Waals surface area contributed by atoms with Crippen LogP contribution in [0.3, 0.4) is 0 Å². The van der Waals surface area contributed by atoms with E-state index in [0.29, 0.717) is 18.1 Å². The number of hydrogen-bond donors (Lipinski definition) is 0. The Morgan fingerprint density at radius 1 is 1.09 bits per heavy atom. The van der Waals surface area contributed by atoms with Crippen LogP contribution in [0.25, 0.3) is 11.4 Å². The molecule has 0 saturated carbocycles. The Kier molecular flexibility index (Phi) is 4.30. The van der Waals surface area contributed by atoms with Gasteiger partial charge in [-0.05, 0) is 70.8 Å². The van der Waals surface area contributed by atoms with E-state index in [1.54, 1.807) is 0 Å². The zero-order valence-electron chi connectivity index (χ0n) is 14.0. The van der Waals surface area contributed by atoms with E-state index < -0.39 is 0 Å². The van der Waals surface area contributed by atoms with Gasteiger partial charge in [0.2, 0.25) is 0 Å². The minimum Gasteiger partial charge on any atom is -0.294 e. The van der Waals surface area contributed by atoms with Gasteiger partial charge in [0.25, 0.3) is 0 Å². The second-order valence-corrected chi connectivity index (χ2v) is 6.72. The minimum atomic E-state index is 0.342. The van der Waals surface area contributed by atoms with Crippen molar-refractivity contribution in [1.82, 2.24) is 19.7 Å².